The van der Waals surface area contributed by atoms with Crippen molar-refractivity contribution in [3.63, 3.8) is 0 Å². The summed E-state index contributed by atoms with van der Waals surface area (Å²) in [5.41, 5.74) is 4.85. The number of aromatic hydroxyl groups is 1. The standard InChI is InChI=1S/C24H27NO5S/c26-23-8-4-19(5-9-23)21-12-14-25(15-13-21)17-18-2-1-3-22(16-18)20-6-10-24(11-7-20)30-31(27,28)29/h3-12,18,26H,1-2,13-17H2,(H,27,28,29)/t18-/m1/s1. The van der Waals surface area contributed by atoms with E-state index < -0.39 is 10.4 Å². The fourth-order valence-electron chi connectivity index (χ4n) is 4.41. The van der Waals surface area contributed by atoms with E-state index in [4.69, 9.17) is 4.55 Å². The second-order valence-corrected chi connectivity index (χ2v) is 9.22. The SMILES string of the molecule is O=S(=O)(O)Oc1ccc(C2=CCC[C@@H](CN3CC=C(c4ccc(O)cc4)CC3)C2)cc1. The van der Waals surface area contributed by atoms with Crippen molar-refractivity contribution < 1.29 is 22.3 Å². The van der Waals surface area contributed by atoms with Gasteiger partial charge in [-0.3, -0.25) is 9.45 Å². The number of rotatable bonds is 6. The first-order chi connectivity index (χ1) is 14.9. The minimum Gasteiger partial charge on any atom is -0.508 e. The van der Waals surface area contributed by atoms with E-state index in [1.54, 1.807) is 24.3 Å². The van der Waals surface area contributed by atoms with E-state index >= 15 is 0 Å². The van der Waals surface area contributed by atoms with Gasteiger partial charge in [0, 0.05) is 19.6 Å². The lowest BCUT2D eigenvalue weighted by Crippen LogP contribution is -2.33. The second kappa shape index (κ2) is 9.26. The van der Waals surface area contributed by atoms with E-state index in [2.05, 4.69) is 21.2 Å². The molecule has 2 aromatic rings. The van der Waals surface area contributed by atoms with E-state index in [0.29, 0.717) is 11.7 Å². The van der Waals surface area contributed by atoms with Gasteiger partial charge in [-0.15, -0.1) is 0 Å². The summed E-state index contributed by atoms with van der Waals surface area (Å²) in [5, 5.41) is 9.47. The molecule has 0 fully saturated rings. The Hall–Kier alpha value is -2.61. The van der Waals surface area contributed by atoms with Gasteiger partial charge in [0.1, 0.15) is 11.5 Å². The molecular formula is C24H27NO5S. The molecule has 1 aliphatic carbocycles. The van der Waals surface area contributed by atoms with Crippen LogP contribution in [0.3, 0.4) is 0 Å². The highest BCUT2D eigenvalue weighted by molar-refractivity contribution is 7.81. The van der Waals surface area contributed by atoms with Gasteiger partial charge in [0.2, 0.25) is 0 Å². The third-order valence-electron chi connectivity index (χ3n) is 5.95. The summed E-state index contributed by atoms with van der Waals surface area (Å²) in [4.78, 5) is 2.50. The number of hydrogen-bond donors (Lipinski definition) is 2. The Bertz CT molecular complexity index is 1070. The average molecular weight is 442 g/mol. The molecular weight excluding hydrogens is 414 g/mol. The van der Waals surface area contributed by atoms with Crippen LogP contribution in [-0.2, 0) is 10.4 Å². The zero-order valence-corrected chi connectivity index (χ0v) is 18.1. The fourth-order valence-corrected chi connectivity index (χ4v) is 4.76. The summed E-state index contributed by atoms with van der Waals surface area (Å²) in [6.07, 6.45) is 8.75. The Morgan fingerprint density at radius 2 is 1.65 bits per heavy atom. The van der Waals surface area contributed by atoms with Crippen molar-refractivity contribution in [2.24, 2.45) is 5.92 Å². The molecule has 2 N–H and O–H groups in total. The number of benzene rings is 2. The molecule has 4 rings (SSSR count). The molecule has 1 atom stereocenters. The molecule has 0 spiro atoms. The smallest absolute Gasteiger partial charge is 0.446 e. The summed E-state index contributed by atoms with van der Waals surface area (Å²) >= 11 is 0. The van der Waals surface area contributed by atoms with Crippen LogP contribution in [0.15, 0.2) is 60.7 Å². The quantitative estimate of drug-likeness (QED) is 0.640. The molecule has 1 aliphatic heterocycles. The Balaban J connectivity index is 1.33. The zero-order valence-electron chi connectivity index (χ0n) is 17.3. The summed E-state index contributed by atoms with van der Waals surface area (Å²) in [5.74, 6) is 0.977. The number of hydrogen-bond acceptors (Lipinski definition) is 5. The second-order valence-electron chi connectivity index (χ2n) is 8.20. The van der Waals surface area contributed by atoms with Crippen LogP contribution < -0.4 is 4.18 Å². The van der Waals surface area contributed by atoms with E-state index in [1.165, 1.54) is 23.1 Å². The number of allylic oxidation sites excluding steroid dienone is 2. The van der Waals surface area contributed by atoms with Gasteiger partial charge in [-0.25, -0.2) is 0 Å². The minimum atomic E-state index is -4.50. The number of phenolic OH excluding ortho intramolecular Hbond substituents is 1. The van der Waals surface area contributed by atoms with Gasteiger partial charge in [-0.05, 0) is 78.1 Å². The Morgan fingerprint density at radius 3 is 2.29 bits per heavy atom. The van der Waals surface area contributed by atoms with E-state index in [1.807, 2.05) is 24.3 Å². The van der Waals surface area contributed by atoms with Crippen LogP contribution in [0.5, 0.6) is 11.5 Å². The van der Waals surface area contributed by atoms with Gasteiger partial charge in [0.05, 0.1) is 0 Å². The maximum Gasteiger partial charge on any atom is 0.446 e. The molecule has 2 aliphatic rings. The van der Waals surface area contributed by atoms with Gasteiger partial charge >= 0.3 is 10.4 Å². The third-order valence-corrected chi connectivity index (χ3v) is 6.35. The molecule has 164 valence electrons. The van der Waals surface area contributed by atoms with E-state index in [-0.39, 0.29) is 5.75 Å². The lowest BCUT2D eigenvalue weighted by Gasteiger charge is -2.32. The predicted octanol–water partition coefficient (Wildman–Crippen LogP) is 4.55. The van der Waals surface area contributed by atoms with Crippen LogP contribution in [0, 0.1) is 5.92 Å². The van der Waals surface area contributed by atoms with Crippen LogP contribution in [0.25, 0.3) is 11.1 Å². The molecule has 0 saturated carbocycles. The van der Waals surface area contributed by atoms with Crippen LogP contribution in [0.4, 0.5) is 0 Å². The van der Waals surface area contributed by atoms with Crippen LogP contribution in [0.1, 0.15) is 36.8 Å². The van der Waals surface area contributed by atoms with E-state index in [9.17, 15) is 13.5 Å². The molecule has 7 heteroatoms. The van der Waals surface area contributed by atoms with Crippen LogP contribution >= 0.6 is 0 Å². The topological polar surface area (TPSA) is 87.1 Å². The number of nitrogens with zero attached hydrogens (tertiary/aromatic N) is 1. The minimum absolute atomic E-state index is 0.101. The normalized spacial score (nSPS) is 20.1. The highest BCUT2D eigenvalue weighted by Gasteiger charge is 2.21. The average Bonchev–Trinajstić information content (AvgIpc) is 2.75. The molecule has 0 unspecified atom stereocenters. The molecule has 0 bridgehead atoms. The van der Waals surface area contributed by atoms with Crippen molar-refractivity contribution in [3.8, 4) is 11.5 Å². The van der Waals surface area contributed by atoms with Crippen molar-refractivity contribution >= 4 is 21.5 Å². The van der Waals surface area contributed by atoms with Gasteiger partial charge in [-0.1, -0.05) is 36.4 Å². The lowest BCUT2D eigenvalue weighted by atomic mass is 9.85. The Labute approximate surface area is 183 Å². The van der Waals surface area contributed by atoms with Crippen molar-refractivity contribution in [3.05, 3.63) is 71.8 Å². The predicted molar refractivity (Wildman–Crippen MR) is 121 cm³/mol. The van der Waals surface area contributed by atoms with Gasteiger partial charge < -0.3 is 9.29 Å². The highest BCUT2D eigenvalue weighted by Crippen LogP contribution is 2.33. The van der Waals surface area contributed by atoms with Crippen molar-refractivity contribution in [2.75, 3.05) is 19.6 Å². The molecule has 0 aromatic heterocycles. The third kappa shape index (κ3) is 5.97. The first-order valence-corrected chi connectivity index (χ1v) is 11.9. The monoisotopic (exact) mass is 441 g/mol. The maximum absolute atomic E-state index is 10.8. The molecule has 31 heavy (non-hydrogen) atoms. The van der Waals surface area contributed by atoms with Crippen molar-refractivity contribution in [2.45, 2.75) is 25.7 Å². The first-order valence-electron chi connectivity index (χ1n) is 10.5. The van der Waals surface area contributed by atoms with Gasteiger partial charge in [0.25, 0.3) is 0 Å². The summed E-state index contributed by atoms with van der Waals surface area (Å²) < 4.78 is 35.0. The summed E-state index contributed by atoms with van der Waals surface area (Å²) in [7, 11) is -4.50. The van der Waals surface area contributed by atoms with Gasteiger partial charge in [-0.2, -0.15) is 8.42 Å². The van der Waals surface area contributed by atoms with Gasteiger partial charge in [0.15, 0.2) is 0 Å². The molecule has 6 nitrogen and oxygen atoms in total. The molecule has 0 amide bonds. The lowest BCUT2D eigenvalue weighted by molar-refractivity contribution is 0.244. The molecule has 1 heterocycles. The Morgan fingerprint density at radius 1 is 0.968 bits per heavy atom. The van der Waals surface area contributed by atoms with Crippen molar-refractivity contribution in [1.29, 1.82) is 0 Å². The Kier molecular flexibility index (Phi) is 6.46. The largest absolute Gasteiger partial charge is 0.508 e. The summed E-state index contributed by atoms with van der Waals surface area (Å²) in [6.45, 7) is 3.03. The zero-order chi connectivity index (χ0) is 21.8. The fraction of sp³-hybridized carbons (Fsp3) is 0.333. The van der Waals surface area contributed by atoms with Crippen molar-refractivity contribution in [1.82, 2.24) is 4.90 Å². The first kappa shape index (κ1) is 21.6. The molecule has 0 saturated heterocycles. The van der Waals surface area contributed by atoms with Crippen LogP contribution in [0.2, 0.25) is 0 Å². The van der Waals surface area contributed by atoms with E-state index in [0.717, 1.165) is 44.5 Å². The number of phenols is 1. The molecule has 2 aromatic carbocycles. The van der Waals surface area contributed by atoms with Crippen LogP contribution in [-0.4, -0.2) is 42.6 Å². The summed E-state index contributed by atoms with van der Waals surface area (Å²) in [6, 6.07) is 14.2. The highest BCUT2D eigenvalue weighted by atomic mass is 32.3. The maximum atomic E-state index is 10.8. The molecule has 0 radical (unpaired) electrons.